The van der Waals surface area contributed by atoms with Gasteiger partial charge < -0.3 is 10.0 Å². The minimum Gasteiger partial charge on any atom is -0.384 e. The molecule has 1 aromatic heterocycles. The Kier molecular flexibility index (Phi) is 4.05. The van der Waals surface area contributed by atoms with Crippen LogP contribution in [-0.2, 0) is 11.3 Å². The maximum atomic E-state index is 11.7. The average molecular weight is 295 g/mol. The standard InChI is InChI=1S/C14H21N3O2S/c1-10(18)14(19)17-6-4-16(5-7-17)9-12-8-15-13(20-12)11-2-3-11/h8,10-11,18H,2-7,9H2,1H3. The number of carbonyl (C=O) groups is 1. The van der Waals surface area contributed by atoms with E-state index in [1.165, 1.54) is 29.7 Å². The highest BCUT2D eigenvalue weighted by Crippen LogP contribution is 2.41. The van der Waals surface area contributed by atoms with E-state index >= 15 is 0 Å². The van der Waals surface area contributed by atoms with Crippen molar-refractivity contribution in [3.8, 4) is 0 Å². The van der Waals surface area contributed by atoms with Crippen LogP contribution < -0.4 is 0 Å². The number of piperazine rings is 1. The Balaban J connectivity index is 1.49. The molecule has 1 saturated carbocycles. The van der Waals surface area contributed by atoms with Crippen LogP contribution in [0.3, 0.4) is 0 Å². The Morgan fingerprint density at radius 2 is 2.15 bits per heavy atom. The van der Waals surface area contributed by atoms with Gasteiger partial charge in [0.15, 0.2) is 0 Å². The van der Waals surface area contributed by atoms with Gasteiger partial charge in [0.2, 0.25) is 0 Å². The normalized spacial score (nSPS) is 22.0. The van der Waals surface area contributed by atoms with Gasteiger partial charge >= 0.3 is 0 Å². The summed E-state index contributed by atoms with van der Waals surface area (Å²) < 4.78 is 0. The highest BCUT2D eigenvalue weighted by molar-refractivity contribution is 7.11. The zero-order valence-electron chi connectivity index (χ0n) is 11.8. The minimum atomic E-state index is -0.885. The van der Waals surface area contributed by atoms with Crippen molar-refractivity contribution in [3.05, 3.63) is 16.1 Å². The molecule has 0 aromatic carbocycles. The van der Waals surface area contributed by atoms with Crippen molar-refractivity contribution >= 4 is 17.2 Å². The third kappa shape index (κ3) is 3.19. The molecule has 0 bridgehead atoms. The SMILES string of the molecule is CC(O)C(=O)N1CCN(Cc2cnc(C3CC3)s2)CC1. The first-order valence-corrected chi connectivity index (χ1v) is 8.09. The fourth-order valence-electron chi connectivity index (χ4n) is 2.53. The highest BCUT2D eigenvalue weighted by atomic mass is 32.1. The summed E-state index contributed by atoms with van der Waals surface area (Å²) in [6.45, 7) is 5.62. The van der Waals surface area contributed by atoms with E-state index in [1.54, 1.807) is 4.90 Å². The molecule has 1 unspecified atom stereocenters. The van der Waals surface area contributed by atoms with Crippen LogP contribution in [0.25, 0.3) is 0 Å². The van der Waals surface area contributed by atoms with E-state index in [9.17, 15) is 9.90 Å². The predicted octanol–water partition coefficient (Wildman–Crippen LogP) is 1.05. The maximum absolute atomic E-state index is 11.7. The zero-order chi connectivity index (χ0) is 14.1. The number of aromatic nitrogens is 1. The molecule has 2 fully saturated rings. The molecule has 0 spiro atoms. The Labute approximate surface area is 123 Å². The molecule has 0 radical (unpaired) electrons. The third-order valence-electron chi connectivity index (χ3n) is 3.92. The van der Waals surface area contributed by atoms with Crippen molar-refractivity contribution in [2.24, 2.45) is 0 Å². The molecule has 20 heavy (non-hydrogen) atoms. The first-order valence-electron chi connectivity index (χ1n) is 7.27. The van der Waals surface area contributed by atoms with Gasteiger partial charge in [0.1, 0.15) is 6.10 Å². The second-order valence-electron chi connectivity index (χ2n) is 5.72. The lowest BCUT2D eigenvalue weighted by atomic mass is 10.2. The minimum absolute atomic E-state index is 0.154. The summed E-state index contributed by atoms with van der Waals surface area (Å²) >= 11 is 1.84. The molecule has 2 aliphatic rings. The van der Waals surface area contributed by atoms with Crippen LogP contribution in [0.1, 0.15) is 35.6 Å². The second-order valence-corrected chi connectivity index (χ2v) is 6.86. The third-order valence-corrected chi connectivity index (χ3v) is 5.06. The molecule has 1 aromatic rings. The van der Waals surface area contributed by atoms with E-state index in [2.05, 4.69) is 9.88 Å². The smallest absolute Gasteiger partial charge is 0.251 e. The molecule has 2 heterocycles. The number of hydrogen-bond acceptors (Lipinski definition) is 5. The van der Waals surface area contributed by atoms with Gasteiger partial charge in [-0.2, -0.15) is 0 Å². The molecule has 1 N–H and O–H groups in total. The van der Waals surface area contributed by atoms with Crippen LogP contribution >= 0.6 is 11.3 Å². The number of rotatable bonds is 4. The Morgan fingerprint density at radius 3 is 2.75 bits per heavy atom. The summed E-state index contributed by atoms with van der Waals surface area (Å²) in [4.78, 5) is 21.6. The topological polar surface area (TPSA) is 56.7 Å². The number of thiazole rings is 1. The van der Waals surface area contributed by atoms with Gasteiger partial charge in [0.25, 0.3) is 5.91 Å². The Morgan fingerprint density at radius 1 is 1.45 bits per heavy atom. The quantitative estimate of drug-likeness (QED) is 0.902. The number of nitrogens with zero attached hydrogens (tertiary/aromatic N) is 3. The second kappa shape index (κ2) is 5.79. The summed E-state index contributed by atoms with van der Waals surface area (Å²) in [5.74, 6) is 0.577. The molecule has 3 rings (SSSR count). The van der Waals surface area contributed by atoms with Gasteiger partial charge in [0, 0.05) is 49.7 Å². The molecule has 5 nitrogen and oxygen atoms in total. The van der Waals surface area contributed by atoms with Crippen molar-refractivity contribution in [2.75, 3.05) is 26.2 Å². The van der Waals surface area contributed by atoms with Crippen LogP contribution in [0.15, 0.2) is 6.20 Å². The van der Waals surface area contributed by atoms with Crippen LogP contribution in [0, 0.1) is 0 Å². The van der Waals surface area contributed by atoms with Crippen molar-refractivity contribution in [2.45, 2.75) is 38.3 Å². The van der Waals surface area contributed by atoms with Gasteiger partial charge in [-0.15, -0.1) is 11.3 Å². The number of aliphatic hydroxyl groups is 1. The van der Waals surface area contributed by atoms with Crippen molar-refractivity contribution in [1.29, 1.82) is 0 Å². The number of amides is 1. The summed E-state index contributed by atoms with van der Waals surface area (Å²) in [5.41, 5.74) is 0. The van der Waals surface area contributed by atoms with E-state index in [4.69, 9.17) is 0 Å². The largest absolute Gasteiger partial charge is 0.384 e. The van der Waals surface area contributed by atoms with Crippen LogP contribution in [0.2, 0.25) is 0 Å². The summed E-state index contributed by atoms with van der Waals surface area (Å²) in [5, 5.41) is 10.6. The fourth-order valence-corrected chi connectivity index (χ4v) is 3.65. The molecule has 1 aliphatic carbocycles. The molecule has 1 saturated heterocycles. The molecular weight excluding hydrogens is 274 g/mol. The van der Waals surface area contributed by atoms with Crippen molar-refractivity contribution < 1.29 is 9.90 Å². The van der Waals surface area contributed by atoms with E-state index in [1.807, 2.05) is 17.5 Å². The highest BCUT2D eigenvalue weighted by Gasteiger charge is 2.27. The van der Waals surface area contributed by atoms with Crippen LogP contribution in [0.4, 0.5) is 0 Å². The zero-order valence-corrected chi connectivity index (χ0v) is 12.6. The molecule has 1 atom stereocenters. The summed E-state index contributed by atoms with van der Waals surface area (Å²) in [6, 6.07) is 0. The fraction of sp³-hybridized carbons (Fsp3) is 0.714. The van der Waals surface area contributed by atoms with Gasteiger partial charge in [-0.25, -0.2) is 4.98 Å². The van der Waals surface area contributed by atoms with Gasteiger partial charge in [-0.3, -0.25) is 9.69 Å². The number of carbonyl (C=O) groups excluding carboxylic acids is 1. The molecule has 110 valence electrons. The monoisotopic (exact) mass is 295 g/mol. The lowest BCUT2D eigenvalue weighted by Crippen LogP contribution is -2.50. The van der Waals surface area contributed by atoms with Gasteiger partial charge in [-0.1, -0.05) is 0 Å². The predicted molar refractivity (Wildman–Crippen MR) is 77.6 cm³/mol. The Hall–Kier alpha value is -0.980. The molecule has 1 amide bonds. The molecule has 1 aliphatic heterocycles. The van der Waals surface area contributed by atoms with Crippen molar-refractivity contribution in [3.63, 3.8) is 0 Å². The first-order chi connectivity index (χ1) is 9.63. The van der Waals surface area contributed by atoms with Gasteiger partial charge in [0.05, 0.1) is 5.01 Å². The lowest BCUT2D eigenvalue weighted by molar-refractivity contribution is -0.141. The van der Waals surface area contributed by atoms with Crippen LogP contribution in [0.5, 0.6) is 0 Å². The van der Waals surface area contributed by atoms with Crippen LogP contribution in [-0.4, -0.2) is 58.1 Å². The number of aliphatic hydroxyl groups excluding tert-OH is 1. The summed E-state index contributed by atoms with van der Waals surface area (Å²) in [7, 11) is 0. The van der Waals surface area contributed by atoms with Gasteiger partial charge in [-0.05, 0) is 19.8 Å². The first kappa shape index (κ1) is 14.0. The Bertz CT molecular complexity index is 477. The van der Waals surface area contributed by atoms with E-state index in [0.717, 1.165) is 25.6 Å². The van der Waals surface area contributed by atoms with E-state index < -0.39 is 6.10 Å². The average Bonchev–Trinajstić information content (AvgIpc) is 3.20. The van der Waals surface area contributed by atoms with E-state index in [0.29, 0.717) is 13.1 Å². The maximum Gasteiger partial charge on any atom is 0.251 e. The lowest BCUT2D eigenvalue weighted by Gasteiger charge is -2.35. The van der Waals surface area contributed by atoms with E-state index in [-0.39, 0.29) is 5.91 Å². The van der Waals surface area contributed by atoms with Crippen molar-refractivity contribution in [1.82, 2.24) is 14.8 Å². The molecular formula is C14H21N3O2S. The number of hydrogen-bond donors (Lipinski definition) is 1. The molecule has 6 heteroatoms. The summed E-state index contributed by atoms with van der Waals surface area (Å²) in [6.07, 6.45) is 3.72.